The van der Waals surface area contributed by atoms with E-state index in [1.165, 1.54) is 5.56 Å². The number of hydrogen-bond donors (Lipinski definition) is 3. The smallest absolute Gasteiger partial charge is 0.279 e. The number of amides is 2. The molecule has 3 N–H and O–H groups in total. The number of hydrogen-bond acceptors (Lipinski definition) is 2. The minimum Gasteiger partial charge on any atom is -0.351 e. The number of anilines is 1. The highest BCUT2D eigenvalue weighted by Crippen LogP contribution is 2.20. The molecule has 5 heteroatoms. The van der Waals surface area contributed by atoms with Crippen molar-refractivity contribution in [3.63, 3.8) is 0 Å². The molecular formula is C18H30N3O2+. The van der Waals surface area contributed by atoms with Gasteiger partial charge in [-0.25, -0.2) is 0 Å². The number of quaternary nitrogens is 1. The van der Waals surface area contributed by atoms with Crippen LogP contribution in [0.3, 0.4) is 0 Å². The molecule has 1 rings (SSSR count). The van der Waals surface area contributed by atoms with Gasteiger partial charge in [0.15, 0.2) is 13.1 Å². The summed E-state index contributed by atoms with van der Waals surface area (Å²) < 4.78 is 0. The lowest BCUT2D eigenvalue weighted by molar-refractivity contribution is -0.862. The lowest BCUT2D eigenvalue weighted by atomic mass is 9.99. The average molecular weight is 320 g/mol. The van der Waals surface area contributed by atoms with E-state index in [-0.39, 0.29) is 18.4 Å². The van der Waals surface area contributed by atoms with Crippen LogP contribution in [-0.2, 0) is 9.59 Å². The summed E-state index contributed by atoms with van der Waals surface area (Å²) in [6, 6.07) is 7.97. The van der Waals surface area contributed by atoms with Crippen molar-refractivity contribution in [2.75, 3.05) is 32.0 Å². The predicted molar refractivity (Wildman–Crippen MR) is 93.7 cm³/mol. The Morgan fingerprint density at radius 3 is 2.26 bits per heavy atom. The molecular weight excluding hydrogens is 290 g/mol. The van der Waals surface area contributed by atoms with E-state index >= 15 is 0 Å². The summed E-state index contributed by atoms with van der Waals surface area (Å²) in [6.45, 7) is 7.62. The van der Waals surface area contributed by atoms with Gasteiger partial charge in [0.1, 0.15) is 0 Å². The molecule has 0 aromatic heterocycles. The highest BCUT2D eigenvalue weighted by molar-refractivity contribution is 5.91. The Bertz CT molecular complexity index is 499. The fraction of sp³-hybridized carbons (Fsp3) is 0.556. The van der Waals surface area contributed by atoms with Gasteiger partial charge in [-0.2, -0.15) is 0 Å². The first-order valence-corrected chi connectivity index (χ1v) is 8.44. The first-order chi connectivity index (χ1) is 11.0. The Kier molecular flexibility index (Phi) is 8.33. The van der Waals surface area contributed by atoms with Crippen LogP contribution in [0.4, 0.5) is 5.69 Å². The van der Waals surface area contributed by atoms with E-state index in [0.717, 1.165) is 23.4 Å². The molecule has 1 aromatic carbocycles. The van der Waals surface area contributed by atoms with Crippen LogP contribution in [0.5, 0.6) is 0 Å². The zero-order chi connectivity index (χ0) is 17.2. The Labute approximate surface area is 139 Å². The van der Waals surface area contributed by atoms with Gasteiger partial charge in [-0.05, 0) is 36.5 Å². The molecule has 2 atom stereocenters. The van der Waals surface area contributed by atoms with Crippen LogP contribution in [0.15, 0.2) is 24.3 Å². The van der Waals surface area contributed by atoms with E-state index in [4.69, 9.17) is 0 Å². The molecule has 2 amide bonds. The standard InChI is InChI=1S/C18H29N3O2/c1-5-11-19-17(22)12-21(4)13-18(23)20-16-9-7-15(8-10-16)14(3)6-2/h7-10,14H,5-6,11-13H2,1-4H3,(H,19,22)(H,20,23)/p+1/t14-/m0/s1. The summed E-state index contributed by atoms with van der Waals surface area (Å²) in [4.78, 5) is 24.5. The van der Waals surface area contributed by atoms with Crippen LogP contribution >= 0.6 is 0 Å². The van der Waals surface area contributed by atoms with E-state index in [2.05, 4.69) is 36.6 Å². The van der Waals surface area contributed by atoms with Crippen LogP contribution in [0, 0.1) is 0 Å². The molecule has 23 heavy (non-hydrogen) atoms. The van der Waals surface area contributed by atoms with Crippen LogP contribution in [-0.4, -0.2) is 38.5 Å². The Hall–Kier alpha value is -1.88. The molecule has 0 saturated heterocycles. The fourth-order valence-corrected chi connectivity index (χ4v) is 2.27. The van der Waals surface area contributed by atoms with E-state index < -0.39 is 0 Å². The van der Waals surface area contributed by atoms with Crippen molar-refractivity contribution in [3.05, 3.63) is 29.8 Å². The monoisotopic (exact) mass is 320 g/mol. The van der Waals surface area contributed by atoms with Gasteiger partial charge >= 0.3 is 0 Å². The van der Waals surface area contributed by atoms with Crippen LogP contribution in [0.25, 0.3) is 0 Å². The maximum Gasteiger partial charge on any atom is 0.279 e. The molecule has 0 bridgehead atoms. The second-order valence-corrected chi connectivity index (χ2v) is 6.14. The van der Waals surface area contributed by atoms with Crippen molar-refractivity contribution >= 4 is 17.5 Å². The maximum atomic E-state index is 12.0. The number of benzene rings is 1. The summed E-state index contributed by atoms with van der Waals surface area (Å²) in [6.07, 6.45) is 2.01. The van der Waals surface area contributed by atoms with E-state index in [1.54, 1.807) is 0 Å². The van der Waals surface area contributed by atoms with Gasteiger partial charge in [0.05, 0.1) is 7.05 Å². The zero-order valence-corrected chi connectivity index (χ0v) is 14.7. The van der Waals surface area contributed by atoms with Gasteiger partial charge in [0, 0.05) is 12.2 Å². The van der Waals surface area contributed by atoms with Gasteiger partial charge in [-0.3, -0.25) is 9.59 Å². The second kappa shape index (κ2) is 10.0. The van der Waals surface area contributed by atoms with Crippen molar-refractivity contribution in [1.82, 2.24) is 5.32 Å². The second-order valence-electron chi connectivity index (χ2n) is 6.14. The van der Waals surface area contributed by atoms with Gasteiger partial charge in [-0.1, -0.05) is 32.9 Å². The molecule has 0 radical (unpaired) electrons. The molecule has 1 unspecified atom stereocenters. The SMILES string of the molecule is CCCNC(=O)C[NH+](C)CC(=O)Nc1ccc([C@@H](C)CC)cc1. The number of carbonyl (C=O) groups excluding carboxylic acids is 2. The molecule has 1 aromatic rings. The predicted octanol–water partition coefficient (Wildman–Crippen LogP) is 1.18. The third kappa shape index (κ3) is 7.28. The van der Waals surface area contributed by atoms with E-state index in [0.29, 0.717) is 19.0 Å². The van der Waals surface area contributed by atoms with E-state index in [1.807, 2.05) is 26.1 Å². The highest BCUT2D eigenvalue weighted by Gasteiger charge is 2.14. The Morgan fingerprint density at radius 1 is 1.09 bits per heavy atom. The summed E-state index contributed by atoms with van der Waals surface area (Å²) in [5.74, 6) is 0.425. The van der Waals surface area contributed by atoms with Crippen molar-refractivity contribution < 1.29 is 14.5 Å². The molecule has 0 aliphatic heterocycles. The zero-order valence-electron chi connectivity index (χ0n) is 14.7. The minimum absolute atomic E-state index is 0.0185. The molecule has 0 fully saturated rings. The minimum atomic E-state index is -0.0814. The lowest BCUT2D eigenvalue weighted by Gasteiger charge is -2.14. The third-order valence-electron chi connectivity index (χ3n) is 3.87. The molecule has 0 spiro atoms. The number of carbonyl (C=O) groups is 2. The van der Waals surface area contributed by atoms with Crippen molar-refractivity contribution in [2.45, 2.75) is 39.5 Å². The quantitative estimate of drug-likeness (QED) is 0.640. The summed E-state index contributed by atoms with van der Waals surface area (Å²) >= 11 is 0. The van der Waals surface area contributed by atoms with Crippen LogP contribution < -0.4 is 15.5 Å². The van der Waals surface area contributed by atoms with Crippen molar-refractivity contribution in [1.29, 1.82) is 0 Å². The van der Waals surface area contributed by atoms with Gasteiger partial charge in [0.25, 0.3) is 11.8 Å². The molecule has 0 saturated carbocycles. The van der Waals surface area contributed by atoms with E-state index in [9.17, 15) is 9.59 Å². The number of nitrogens with one attached hydrogen (secondary N) is 3. The summed E-state index contributed by atoms with van der Waals surface area (Å²) in [5, 5.41) is 5.70. The lowest BCUT2D eigenvalue weighted by Crippen LogP contribution is -3.11. The van der Waals surface area contributed by atoms with Gasteiger partial charge < -0.3 is 15.5 Å². The summed E-state index contributed by atoms with van der Waals surface area (Å²) in [5.41, 5.74) is 2.08. The molecule has 5 nitrogen and oxygen atoms in total. The Balaban J connectivity index is 2.42. The normalized spacial score (nSPS) is 13.2. The first-order valence-electron chi connectivity index (χ1n) is 8.44. The Morgan fingerprint density at radius 2 is 1.70 bits per heavy atom. The van der Waals surface area contributed by atoms with Crippen LogP contribution in [0.2, 0.25) is 0 Å². The topological polar surface area (TPSA) is 62.6 Å². The molecule has 0 aliphatic carbocycles. The van der Waals surface area contributed by atoms with Gasteiger partial charge in [-0.15, -0.1) is 0 Å². The maximum absolute atomic E-state index is 12.0. The third-order valence-corrected chi connectivity index (χ3v) is 3.87. The fourth-order valence-electron chi connectivity index (χ4n) is 2.27. The first kappa shape index (κ1) is 19.2. The van der Waals surface area contributed by atoms with Crippen molar-refractivity contribution in [3.8, 4) is 0 Å². The largest absolute Gasteiger partial charge is 0.351 e. The van der Waals surface area contributed by atoms with Crippen LogP contribution in [0.1, 0.15) is 45.1 Å². The molecule has 128 valence electrons. The van der Waals surface area contributed by atoms with Gasteiger partial charge in [0.2, 0.25) is 0 Å². The summed E-state index contributed by atoms with van der Waals surface area (Å²) in [7, 11) is 1.84. The highest BCUT2D eigenvalue weighted by atomic mass is 16.2. The molecule has 0 heterocycles. The number of rotatable bonds is 9. The molecule has 0 aliphatic rings. The number of likely N-dealkylation sites (N-methyl/N-ethyl adjacent to an activating group) is 1. The average Bonchev–Trinajstić information content (AvgIpc) is 2.52. The van der Waals surface area contributed by atoms with Crippen molar-refractivity contribution in [2.24, 2.45) is 0 Å².